The molecule has 3 nitrogen and oxygen atoms in total. The molecule has 0 saturated carbocycles. The van der Waals surface area contributed by atoms with Gasteiger partial charge in [0.05, 0.1) is 5.56 Å². The van der Waals surface area contributed by atoms with Crippen LogP contribution in [0.1, 0.15) is 16.7 Å². The van der Waals surface area contributed by atoms with Gasteiger partial charge in [-0.1, -0.05) is 41.5 Å². The Balaban J connectivity index is 2.24. The van der Waals surface area contributed by atoms with E-state index in [1.54, 1.807) is 0 Å². The lowest BCUT2D eigenvalue weighted by Crippen LogP contribution is -2.05. The molecule has 0 aromatic heterocycles. The maximum atomic E-state index is 12.7. The Hall–Kier alpha value is -2.46. The average molecular weight is 291 g/mol. The predicted octanol–water partition coefficient (Wildman–Crippen LogP) is 5.43. The van der Waals surface area contributed by atoms with Crippen LogP contribution in [0, 0.1) is 0 Å². The van der Waals surface area contributed by atoms with Gasteiger partial charge in [-0.25, -0.2) is 0 Å². The van der Waals surface area contributed by atoms with Crippen molar-refractivity contribution in [1.82, 2.24) is 0 Å². The van der Waals surface area contributed by atoms with E-state index in [1.165, 1.54) is 6.07 Å². The zero-order chi connectivity index (χ0) is 15.3. The van der Waals surface area contributed by atoms with Gasteiger partial charge in [0.25, 0.3) is 0 Å². The van der Waals surface area contributed by atoms with Crippen LogP contribution in [0.15, 0.2) is 53.6 Å². The summed E-state index contributed by atoms with van der Waals surface area (Å²) in [7, 11) is 0. The molecule has 2 aromatic carbocycles. The molecule has 0 bridgehead atoms. The van der Waals surface area contributed by atoms with Crippen LogP contribution in [0.3, 0.4) is 0 Å². The molecule has 0 aliphatic heterocycles. The van der Waals surface area contributed by atoms with Crippen LogP contribution in [0.25, 0.3) is 10.4 Å². The second kappa shape index (κ2) is 6.33. The lowest BCUT2D eigenvalue weighted by atomic mass is 10.0. The Bertz CT molecular complexity index is 660. The number of alkyl halides is 3. The number of halogens is 3. The minimum atomic E-state index is -4.45. The summed E-state index contributed by atoms with van der Waals surface area (Å²) in [6, 6.07) is 12.8. The van der Waals surface area contributed by atoms with Crippen molar-refractivity contribution in [3.05, 3.63) is 75.7 Å². The van der Waals surface area contributed by atoms with Gasteiger partial charge in [0.2, 0.25) is 0 Å². The van der Waals surface area contributed by atoms with Crippen molar-refractivity contribution in [2.75, 3.05) is 0 Å². The highest BCUT2D eigenvalue weighted by Crippen LogP contribution is 2.33. The van der Waals surface area contributed by atoms with Crippen molar-refractivity contribution in [1.29, 1.82) is 0 Å². The monoisotopic (exact) mass is 291 g/mol. The normalized spacial score (nSPS) is 11.0. The predicted molar refractivity (Wildman–Crippen MR) is 74.1 cm³/mol. The molecule has 0 unspecified atom stereocenters. The van der Waals surface area contributed by atoms with Crippen LogP contribution in [0.5, 0.6) is 0 Å². The number of rotatable bonds is 4. The fourth-order valence-corrected chi connectivity index (χ4v) is 2.02. The van der Waals surface area contributed by atoms with Gasteiger partial charge >= 0.3 is 6.18 Å². The largest absolute Gasteiger partial charge is 0.416 e. The Kier molecular flexibility index (Phi) is 4.50. The number of hydrogen-bond acceptors (Lipinski definition) is 1. The Labute approximate surface area is 119 Å². The summed E-state index contributed by atoms with van der Waals surface area (Å²) in [5.41, 5.74) is 9.39. The minimum Gasteiger partial charge on any atom is -0.166 e. The minimum absolute atomic E-state index is 0.0308. The van der Waals surface area contributed by atoms with E-state index in [1.807, 2.05) is 30.3 Å². The number of azide groups is 1. The molecular weight excluding hydrogens is 279 g/mol. The van der Waals surface area contributed by atoms with Crippen LogP contribution in [0.4, 0.5) is 18.9 Å². The first-order valence-electron chi connectivity index (χ1n) is 6.30. The molecule has 2 rings (SSSR count). The summed E-state index contributed by atoms with van der Waals surface area (Å²) in [4.78, 5) is 2.60. The fourth-order valence-electron chi connectivity index (χ4n) is 2.02. The topological polar surface area (TPSA) is 48.8 Å². The number of nitrogens with zero attached hydrogens (tertiary/aromatic N) is 3. The molecule has 0 amide bonds. The highest BCUT2D eigenvalue weighted by molar-refractivity contribution is 5.49. The first kappa shape index (κ1) is 14.9. The smallest absolute Gasteiger partial charge is 0.166 e. The molecule has 0 saturated heterocycles. The second-order valence-electron chi connectivity index (χ2n) is 4.52. The second-order valence-corrected chi connectivity index (χ2v) is 4.52. The van der Waals surface area contributed by atoms with Crippen LogP contribution in [-0.2, 0) is 19.0 Å². The third-order valence-electron chi connectivity index (χ3n) is 3.09. The summed E-state index contributed by atoms with van der Waals surface area (Å²) in [5, 5.41) is 3.37. The fraction of sp³-hybridized carbons (Fsp3) is 0.200. The summed E-state index contributed by atoms with van der Waals surface area (Å²) < 4.78 is 38.0. The van der Waals surface area contributed by atoms with Gasteiger partial charge in [0.15, 0.2) is 0 Å². The van der Waals surface area contributed by atoms with Gasteiger partial charge in [-0.3, -0.25) is 0 Å². The maximum absolute atomic E-state index is 12.7. The average Bonchev–Trinajstić information content (AvgIpc) is 2.46. The number of benzene rings is 2. The molecule has 0 N–H and O–H groups in total. The van der Waals surface area contributed by atoms with Gasteiger partial charge in [-0.05, 0) is 41.6 Å². The van der Waals surface area contributed by atoms with Gasteiger partial charge < -0.3 is 0 Å². The van der Waals surface area contributed by atoms with Crippen molar-refractivity contribution in [2.45, 2.75) is 19.0 Å². The number of hydrogen-bond donors (Lipinski definition) is 0. The van der Waals surface area contributed by atoms with Gasteiger partial charge in [-0.2, -0.15) is 13.2 Å². The van der Waals surface area contributed by atoms with E-state index in [4.69, 9.17) is 5.53 Å². The summed E-state index contributed by atoms with van der Waals surface area (Å²) in [5.74, 6) is 0. The van der Waals surface area contributed by atoms with Crippen molar-refractivity contribution in [3.8, 4) is 0 Å². The SMILES string of the molecule is [N-]=[N+]=Nc1cc(C(F)(F)F)ccc1CCc1ccccc1. The molecule has 0 fully saturated rings. The lowest BCUT2D eigenvalue weighted by Gasteiger charge is -2.11. The molecule has 6 heteroatoms. The number of aryl methyl sites for hydroxylation is 2. The lowest BCUT2D eigenvalue weighted by molar-refractivity contribution is -0.137. The Morgan fingerprint density at radius 2 is 1.71 bits per heavy atom. The summed E-state index contributed by atoms with van der Waals surface area (Å²) >= 11 is 0. The molecule has 108 valence electrons. The molecule has 0 spiro atoms. The molecule has 0 heterocycles. The van der Waals surface area contributed by atoms with Crippen LogP contribution < -0.4 is 0 Å². The third-order valence-corrected chi connectivity index (χ3v) is 3.09. The molecular formula is C15H12F3N3. The van der Waals surface area contributed by atoms with Crippen molar-refractivity contribution >= 4 is 5.69 Å². The Morgan fingerprint density at radius 1 is 1.00 bits per heavy atom. The van der Waals surface area contributed by atoms with Crippen molar-refractivity contribution in [2.24, 2.45) is 5.11 Å². The van der Waals surface area contributed by atoms with E-state index in [0.29, 0.717) is 18.4 Å². The van der Waals surface area contributed by atoms with E-state index < -0.39 is 11.7 Å². The first-order chi connectivity index (χ1) is 10.0. The van der Waals surface area contributed by atoms with Crippen molar-refractivity contribution in [3.63, 3.8) is 0 Å². The van der Waals surface area contributed by atoms with Crippen LogP contribution >= 0.6 is 0 Å². The van der Waals surface area contributed by atoms with Crippen LogP contribution in [-0.4, -0.2) is 0 Å². The zero-order valence-electron chi connectivity index (χ0n) is 11.0. The van der Waals surface area contributed by atoms with Crippen molar-refractivity contribution < 1.29 is 13.2 Å². The standard InChI is InChI=1S/C15H12F3N3/c16-15(17,18)13-9-8-12(14(10-13)20-21-19)7-6-11-4-2-1-3-5-11/h1-5,8-10H,6-7H2. The van der Waals surface area contributed by atoms with Gasteiger partial charge in [0.1, 0.15) is 0 Å². The van der Waals surface area contributed by atoms with E-state index in [2.05, 4.69) is 10.0 Å². The van der Waals surface area contributed by atoms with E-state index >= 15 is 0 Å². The molecule has 21 heavy (non-hydrogen) atoms. The van der Waals surface area contributed by atoms with E-state index in [-0.39, 0.29) is 5.69 Å². The van der Waals surface area contributed by atoms with Gasteiger partial charge in [0, 0.05) is 10.6 Å². The van der Waals surface area contributed by atoms with Gasteiger partial charge in [-0.15, -0.1) is 0 Å². The van der Waals surface area contributed by atoms with Crippen LogP contribution in [0.2, 0.25) is 0 Å². The maximum Gasteiger partial charge on any atom is 0.416 e. The molecule has 2 aromatic rings. The molecule has 0 radical (unpaired) electrons. The summed E-state index contributed by atoms with van der Waals surface area (Å²) in [6.45, 7) is 0. The Morgan fingerprint density at radius 3 is 2.33 bits per heavy atom. The highest BCUT2D eigenvalue weighted by Gasteiger charge is 2.30. The molecule has 0 atom stereocenters. The molecule has 0 aliphatic rings. The highest BCUT2D eigenvalue weighted by atomic mass is 19.4. The quantitative estimate of drug-likeness (QED) is 0.409. The first-order valence-corrected chi connectivity index (χ1v) is 6.30. The molecule has 0 aliphatic carbocycles. The van der Waals surface area contributed by atoms with E-state index in [9.17, 15) is 13.2 Å². The van der Waals surface area contributed by atoms with E-state index in [0.717, 1.165) is 17.7 Å². The third kappa shape index (κ3) is 4.00. The summed E-state index contributed by atoms with van der Waals surface area (Å²) in [6.07, 6.45) is -3.27. The zero-order valence-corrected chi connectivity index (χ0v) is 11.0.